The molecule has 1 aromatic carbocycles. The van der Waals surface area contributed by atoms with Gasteiger partial charge in [0, 0.05) is 17.5 Å². The fourth-order valence-corrected chi connectivity index (χ4v) is 2.86. The van der Waals surface area contributed by atoms with Crippen LogP contribution in [0.4, 0.5) is 4.39 Å². The van der Waals surface area contributed by atoms with Crippen LogP contribution in [0, 0.1) is 12.7 Å². The van der Waals surface area contributed by atoms with E-state index >= 15 is 0 Å². The standard InChI is InChI=1S/C15H18FNS/c1-10(2)17-9-12-4-5-13(16)8-14(12)15-11(3)6-7-18-15/h4-8,10,17H,9H2,1-3H3. The molecule has 0 saturated carbocycles. The van der Waals surface area contributed by atoms with Crippen LogP contribution in [0.15, 0.2) is 29.6 Å². The van der Waals surface area contributed by atoms with Crippen molar-refractivity contribution in [2.45, 2.75) is 33.4 Å². The van der Waals surface area contributed by atoms with Crippen molar-refractivity contribution in [1.29, 1.82) is 0 Å². The summed E-state index contributed by atoms with van der Waals surface area (Å²) in [7, 11) is 0. The molecule has 0 aliphatic heterocycles. The predicted octanol–water partition coefficient (Wildman–Crippen LogP) is 4.36. The van der Waals surface area contributed by atoms with Crippen LogP contribution < -0.4 is 5.32 Å². The molecule has 0 atom stereocenters. The number of hydrogen-bond donors (Lipinski definition) is 1. The Bertz CT molecular complexity index is 531. The van der Waals surface area contributed by atoms with Crippen molar-refractivity contribution in [2.24, 2.45) is 0 Å². The summed E-state index contributed by atoms with van der Waals surface area (Å²) in [5.74, 6) is -0.175. The van der Waals surface area contributed by atoms with Crippen molar-refractivity contribution in [3.8, 4) is 10.4 Å². The normalized spacial score (nSPS) is 11.2. The van der Waals surface area contributed by atoms with Crippen molar-refractivity contribution in [3.63, 3.8) is 0 Å². The number of halogens is 1. The number of thiophene rings is 1. The summed E-state index contributed by atoms with van der Waals surface area (Å²) in [6.07, 6.45) is 0. The smallest absolute Gasteiger partial charge is 0.123 e. The maximum Gasteiger partial charge on any atom is 0.123 e. The molecule has 1 N–H and O–H groups in total. The quantitative estimate of drug-likeness (QED) is 0.864. The number of aryl methyl sites for hydroxylation is 1. The van der Waals surface area contributed by atoms with Gasteiger partial charge in [-0.2, -0.15) is 0 Å². The van der Waals surface area contributed by atoms with Crippen molar-refractivity contribution < 1.29 is 4.39 Å². The molecule has 0 bridgehead atoms. The van der Waals surface area contributed by atoms with Crippen LogP contribution in [0.1, 0.15) is 25.0 Å². The Morgan fingerprint density at radius 2 is 2.06 bits per heavy atom. The van der Waals surface area contributed by atoms with Crippen LogP contribution in [-0.4, -0.2) is 6.04 Å². The molecule has 2 rings (SSSR count). The molecule has 0 aliphatic carbocycles. The average Bonchev–Trinajstić information content (AvgIpc) is 2.73. The van der Waals surface area contributed by atoms with Gasteiger partial charge in [-0.25, -0.2) is 4.39 Å². The third kappa shape index (κ3) is 2.98. The third-order valence-electron chi connectivity index (χ3n) is 2.88. The van der Waals surface area contributed by atoms with Crippen LogP contribution in [0.25, 0.3) is 10.4 Å². The highest BCUT2D eigenvalue weighted by molar-refractivity contribution is 7.13. The van der Waals surface area contributed by atoms with Gasteiger partial charge in [-0.3, -0.25) is 0 Å². The van der Waals surface area contributed by atoms with Crippen molar-refractivity contribution in [2.75, 3.05) is 0 Å². The summed E-state index contributed by atoms with van der Waals surface area (Å²) in [4.78, 5) is 1.16. The maximum absolute atomic E-state index is 13.5. The maximum atomic E-state index is 13.5. The SMILES string of the molecule is Cc1ccsc1-c1cc(F)ccc1CNC(C)C. The second kappa shape index (κ2) is 5.63. The van der Waals surface area contributed by atoms with E-state index in [1.807, 2.05) is 6.07 Å². The van der Waals surface area contributed by atoms with E-state index in [9.17, 15) is 4.39 Å². The molecule has 1 heterocycles. The van der Waals surface area contributed by atoms with Gasteiger partial charge in [0.05, 0.1) is 0 Å². The average molecular weight is 263 g/mol. The minimum absolute atomic E-state index is 0.175. The Morgan fingerprint density at radius 1 is 1.28 bits per heavy atom. The fraction of sp³-hybridized carbons (Fsp3) is 0.333. The Morgan fingerprint density at radius 3 is 2.67 bits per heavy atom. The summed E-state index contributed by atoms with van der Waals surface area (Å²) < 4.78 is 13.5. The molecule has 0 amide bonds. The first-order chi connectivity index (χ1) is 8.58. The van der Waals surface area contributed by atoms with E-state index in [4.69, 9.17) is 0 Å². The van der Waals surface area contributed by atoms with Gasteiger partial charge in [0.15, 0.2) is 0 Å². The molecule has 0 unspecified atom stereocenters. The Balaban J connectivity index is 2.38. The minimum atomic E-state index is -0.175. The summed E-state index contributed by atoms with van der Waals surface area (Å²) >= 11 is 1.67. The largest absolute Gasteiger partial charge is 0.310 e. The topological polar surface area (TPSA) is 12.0 Å². The van der Waals surface area contributed by atoms with Crippen molar-refractivity contribution in [3.05, 3.63) is 46.6 Å². The molecule has 0 radical (unpaired) electrons. The van der Waals surface area contributed by atoms with E-state index in [0.717, 1.165) is 22.5 Å². The zero-order chi connectivity index (χ0) is 13.1. The highest BCUT2D eigenvalue weighted by Gasteiger charge is 2.10. The zero-order valence-electron chi connectivity index (χ0n) is 11.0. The summed E-state index contributed by atoms with van der Waals surface area (Å²) in [5.41, 5.74) is 3.36. The van der Waals surface area contributed by atoms with Gasteiger partial charge < -0.3 is 5.32 Å². The van der Waals surface area contributed by atoms with E-state index < -0.39 is 0 Å². The lowest BCUT2D eigenvalue weighted by Crippen LogP contribution is -2.22. The molecule has 3 heteroatoms. The van der Waals surface area contributed by atoms with Crippen LogP contribution in [0.5, 0.6) is 0 Å². The number of benzene rings is 1. The molecule has 0 spiro atoms. The molecule has 0 aliphatic rings. The van der Waals surface area contributed by atoms with Crippen molar-refractivity contribution >= 4 is 11.3 Å². The van der Waals surface area contributed by atoms with E-state index in [1.54, 1.807) is 17.4 Å². The highest BCUT2D eigenvalue weighted by atomic mass is 32.1. The second-order valence-electron chi connectivity index (χ2n) is 4.77. The fourth-order valence-electron chi connectivity index (χ4n) is 1.88. The number of rotatable bonds is 4. The van der Waals surface area contributed by atoms with Crippen LogP contribution in [0.3, 0.4) is 0 Å². The van der Waals surface area contributed by atoms with Gasteiger partial charge in [0.2, 0.25) is 0 Å². The van der Waals surface area contributed by atoms with Crippen molar-refractivity contribution in [1.82, 2.24) is 5.32 Å². The van der Waals surface area contributed by atoms with E-state index in [2.05, 4.69) is 37.5 Å². The molecule has 1 aromatic heterocycles. The highest BCUT2D eigenvalue weighted by Crippen LogP contribution is 2.32. The molecule has 1 nitrogen and oxygen atoms in total. The first kappa shape index (κ1) is 13.2. The molecule has 2 aromatic rings. The lowest BCUT2D eigenvalue weighted by molar-refractivity contribution is 0.587. The Hall–Kier alpha value is -1.19. The van der Waals surface area contributed by atoms with Gasteiger partial charge in [-0.15, -0.1) is 11.3 Å². The van der Waals surface area contributed by atoms with Gasteiger partial charge in [0.25, 0.3) is 0 Å². The molecule has 96 valence electrons. The van der Waals surface area contributed by atoms with E-state index in [0.29, 0.717) is 6.04 Å². The number of nitrogens with one attached hydrogen (secondary N) is 1. The number of hydrogen-bond acceptors (Lipinski definition) is 2. The van der Waals surface area contributed by atoms with Gasteiger partial charge >= 0.3 is 0 Å². The molecule has 18 heavy (non-hydrogen) atoms. The third-order valence-corrected chi connectivity index (χ3v) is 3.93. The summed E-state index contributed by atoms with van der Waals surface area (Å²) in [6, 6.07) is 7.54. The molecule has 0 fully saturated rings. The second-order valence-corrected chi connectivity index (χ2v) is 5.69. The van der Waals surface area contributed by atoms with Gasteiger partial charge in [-0.05, 0) is 47.2 Å². The van der Waals surface area contributed by atoms with E-state index in [1.165, 1.54) is 11.6 Å². The predicted molar refractivity (Wildman–Crippen MR) is 76.4 cm³/mol. The first-order valence-corrected chi connectivity index (χ1v) is 7.02. The van der Waals surface area contributed by atoms with Gasteiger partial charge in [0.1, 0.15) is 5.82 Å². The zero-order valence-corrected chi connectivity index (χ0v) is 11.8. The molecule has 0 saturated heterocycles. The molecular weight excluding hydrogens is 245 g/mol. The minimum Gasteiger partial charge on any atom is -0.310 e. The Labute approximate surface area is 112 Å². The van der Waals surface area contributed by atoms with E-state index in [-0.39, 0.29) is 5.82 Å². The molecular formula is C15H18FNS. The summed E-state index contributed by atoms with van der Waals surface area (Å²) in [5, 5.41) is 5.44. The summed E-state index contributed by atoms with van der Waals surface area (Å²) in [6.45, 7) is 7.06. The van der Waals surface area contributed by atoms with Crippen LogP contribution in [-0.2, 0) is 6.54 Å². The van der Waals surface area contributed by atoms with Gasteiger partial charge in [-0.1, -0.05) is 19.9 Å². The van der Waals surface area contributed by atoms with Crippen LogP contribution >= 0.6 is 11.3 Å². The lowest BCUT2D eigenvalue weighted by atomic mass is 10.0. The lowest BCUT2D eigenvalue weighted by Gasteiger charge is -2.12. The first-order valence-electron chi connectivity index (χ1n) is 6.14. The monoisotopic (exact) mass is 263 g/mol. The van der Waals surface area contributed by atoms with Crippen LogP contribution in [0.2, 0.25) is 0 Å². The Kier molecular flexibility index (Phi) is 4.15.